The van der Waals surface area contributed by atoms with Gasteiger partial charge >= 0.3 is 0 Å². The van der Waals surface area contributed by atoms with E-state index in [0.29, 0.717) is 0 Å². The van der Waals surface area contributed by atoms with Crippen molar-refractivity contribution in [2.24, 2.45) is 11.8 Å². The average molecular weight is 408 g/mol. The molecule has 0 aromatic heterocycles. The van der Waals surface area contributed by atoms with Crippen LogP contribution in [0.1, 0.15) is 39.7 Å². The molecule has 1 N–H and O–H groups in total. The smallest absolute Gasteiger partial charge is 0.253 e. The highest BCUT2D eigenvalue weighted by Gasteiger charge is 2.61. The molecule has 0 saturated carbocycles. The van der Waals surface area contributed by atoms with Crippen molar-refractivity contribution in [2.45, 2.75) is 18.3 Å². The van der Waals surface area contributed by atoms with Crippen LogP contribution in [0.5, 0.6) is 0 Å². The molecule has 3 aromatic carbocycles. The van der Waals surface area contributed by atoms with Crippen LogP contribution in [0.25, 0.3) is 0 Å². The molecule has 31 heavy (non-hydrogen) atoms. The number of rotatable bonds is 3. The van der Waals surface area contributed by atoms with Crippen LogP contribution in [0.4, 0.5) is 0 Å². The molecule has 5 nitrogen and oxygen atoms in total. The first-order valence-corrected chi connectivity index (χ1v) is 10.5. The summed E-state index contributed by atoms with van der Waals surface area (Å²) in [6, 6.07) is 25.5. The van der Waals surface area contributed by atoms with Crippen LogP contribution in [0, 0.1) is 11.8 Å². The highest BCUT2D eigenvalue weighted by atomic mass is 16.2. The highest BCUT2D eigenvalue weighted by molar-refractivity contribution is 6.08. The molecule has 2 bridgehead atoms. The summed E-state index contributed by atoms with van der Waals surface area (Å²) in [5.74, 6) is -2.30. The topological polar surface area (TPSA) is 66.5 Å². The van der Waals surface area contributed by atoms with Crippen molar-refractivity contribution in [1.82, 2.24) is 10.4 Å². The normalized spacial score (nSPS) is 25.1. The van der Waals surface area contributed by atoms with Crippen LogP contribution < -0.4 is 5.43 Å². The van der Waals surface area contributed by atoms with Gasteiger partial charge in [0, 0.05) is 11.8 Å². The lowest BCUT2D eigenvalue weighted by molar-refractivity contribution is -0.149. The molecule has 152 valence electrons. The van der Waals surface area contributed by atoms with E-state index in [1.165, 1.54) is 0 Å². The van der Waals surface area contributed by atoms with Gasteiger partial charge in [-0.1, -0.05) is 78.9 Å². The number of amides is 3. The van der Waals surface area contributed by atoms with Crippen LogP contribution in [-0.2, 0) is 20.8 Å². The summed E-state index contributed by atoms with van der Waals surface area (Å²) in [4.78, 5) is 39.5. The van der Waals surface area contributed by atoms with Crippen molar-refractivity contribution in [3.63, 3.8) is 0 Å². The molecular formula is C26H20N2O3. The van der Waals surface area contributed by atoms with E-state index >= 15 is 0 Å². The molecular weight excluding hydrogens is 388 g/mol. The number of hydrogen-bond acceptors (Lipinski definition) is 3. The number of benzene rings is 3. The fourth-order valence-electron chi connectivity index (χ4n) is 5.73. The van der Waals surface area contributed by atoms with Crippen molar-refractivity contribution >= 4 is 17.7 Å². The largest absolute Gasteiger partial charge is 0.273 e. The van der Waals surface area contributed by atoms with Crippen LogP contribution in [0.2, 0.25) is 0 Å². The highest BCUT2D eigenvalue weighted by Crippen LogP contribution is 2.60. The molecule has 2 atom stereocenters. The van der Waals surface area contributed by atoms with Gasteiger partial charge in [-0.25, -0.2) is 0 Å². The predicted octanol–water partition coefficient (Wildman–Crippen LogP) is 3.15. The standard InChI is InChI=1S/C26H20N2O3/c29-20(14-15-8-2-1-3-9-15)27-28-25(30)23-21-16-10-4-5-11-17(16)22(24(23)26(28)31)19-13-7-6-12-18(19)21/h1-13,21-24H,14H2,(H,27,29)/t21?,22?,23-,24-/m1/s1. The molecule has 7 rings (SSSR count). The fourth-order valence-corrected chi connectivity index (χ4v) is 5.73. The van der Waals surface area contributed by atoms with Gasteiger partial charge in [-0.05, 0) is 27.8 Å². The van der Waals surface area contributed by atoms with E-state index < -0.39 is 11.8 Å². The molecule has 0 spiro atoms. The molecule has 3 aromatic rings. The maximum absolute atomic E-state index is 13.4. The van der Waals surface area contributed by atoms with Crippen LogP contribution >= 0.6 is 0 Å². The van der Waals surface area contributed by atoms with E-state index in [1.54, 1.807) is 0 Å². The zero-order chi connectivity index (χ0) is 21.1. The minimum absolute atomic E-state index is 0.112. The second-order valence-electron chi connectivity index (χ2n) is 8.47. The quantitative estimate of drug-likeness (QED) is 0.677. The molecule has 1 saturated heterocycles. The molecule has 1 aliphatic heterocycles. The van der Waals surface area contributed by atoms with Gasteiger partial charge in [0.15, 0.2) is 0 Å². The Hall–Kier alpha value is -3.73. The van der Waals surface area contributed by atoms with Crippen molar-refractivity contribution in [1.29, 1.82) is 0 Å². The van der Waals surface area contributed by atoms with Gasteiger partial charge < -0.3 is 0 Å². The van der Waals surface area contributed by atoms with Gasteiger partial charge in [0.2, 0.25) is 5.91 Å². The summed E-state index contributed by atoms with van der Waals surface area (Å²) in [6.45, 7) is 0. The minimum Gasteiger partial charge on any atom is -0.273 e. The van der Waals surface area contributed by atoms with Gasteiger partial charge in [0.1, 0.15) is 0 Å². The number of nitrogens with zero attached hydrogens (tertiary/aromatic N) is 1. The third-order valence-electron chi connectivity index (χ3n) is 6.89. The Bertz CT molecular complexity index is 1120. The SMILES string of the molecule is O=C(Cc1ccccc1)NN1C(=O)[C@@H]2C3c4ccccc4C(c4ccccc43)[C@H]2C1=O. The van der Waals surface area contributed by atoms with Gasteiger partial charge in [-0.15, -0.1) is 0 Å². The third kappa shape index (κ3) is 2.53. The van der Waals surface area contributed by atoms with Crippen molar-refractivity contribution in [2.75, 3.05) is 0 Å². The minimum atomic E-state index is -0.487. The lowest BCUT2D eigenvalue weighted by atomic mass is 9.55. The molecule has 0 unspecified atom stereocenters. The zero-order valence-electron chi connectivity index (χ0n) is 16.7. The number of imide groups is 1. The Morgan fingerprint density at radius 3 is 1.55 bits per heavy atom. The van der Waals surface area contributed by atoms with Crippen molar-refractivity contribution < 1.29 is 14.4 Å². The van der Waals surface area contributed by atoms with Crippen LogP contribution in [-0.4, -0.2) is 22.7 Å². The molecule has 0 radical (unpaired) electrons. The molecule has 5 heteroatoms. The second-order valence-corrected chi connectivity index (χ2v) is 8.47. The first-order chi connectivity index (χ1) is 15.1. The Morgan fingerprint density at radius 2 is 1.10 bits per heavy atom. The Balaban J connectivity index is 1.37. The van der Waals surface area contributed by atoms with E-state index in [0.717, 1.165) is 32.8 Å². The van der Waals surface area contributed by atoms with Gasteiger partial charge in [0.25, 0.3) is 11.8 Å². The number of hydrogen-bond donors (Lipinski definition) is 1. The molecule has 3 aliphatic carbocycles. The molecule has 4 aliphatic rings. The number of carbonyl (C=O) groups is 3. The van der Waals surface area contributed by atoms with E-state index in [1.807, 2.05) is 54.6 Å². The van der Waals surface area contributed by atoms with Crippen LogP contribution in [0.3, 0.4) is 0 Å². The maximum Gasteiger partial charge on any atom is 0.253 e. The number of carbonyl (C=O) groups excluding carboxylic acids is 3. The van der Waals surface area contributed by atoms with E-state index in [9.17, 15) is 14.4 Å². The van der Waals surface area contributed by atoms with E-state index in [-0.39, 0.29) is 36.0 Å². The Morgan fingerprint density at radius 1 is 0.677 bits per heavy atom. The summed E-state index contributed by atoms with van der Waals surface area (Å²) in [6.07, 6.45) is 0.112. The van der Waals surface area contributed by atoms with Crippen molar-refractivity contribution in [3.8, 4) is 0 Å². The zero-order valence-corrected chi connectivity index (χ0v) is 16.7. The van der Waals surface area contributed by atoms with Gasteiger partial charge in [-0.3, -0.25) is 19.8 Å². The lowest BCUT2D eigenvalue weighted by Crippen LogP contribution is -2.47. The average Bonchev–Trinajstić information content (AvgIpc) is 3.05. The summed E-state index contributed by atoms with van der Waals surface area (Å²) in [5, 5.41) is 0.984. The Labute approximate surface area is 179 Å². The number of nitrogens with one attached hydrogen (secondary N) is 1. The summed E-state index contributed by atoms with van der Waals surface area (Å²) in [5.41, 5.74) is 7.90. The molecule has 3 amide bonds. The first-order valence-electron chi connectivity index (χ1n) is 10.5. The molecule has 1 fully saturated rings. The van der Waals surface area contributed by atoms with Crippen molar-refractivity contribution in [3.05, 3.63) is 107 Å². The first kappa shape index (κ1) is 18.1. The van der Waals surface area contributed by atoms with Gasteiger partial charge in [0.05, 0.1) is 18.3 Å². The monoisotopic (exact) mass is 408 g/mol. The molecule has 1 heterocycles. The second kappa shape index (κ2) is 6.64. The predicted molar refractivity (Wildman–Crippen MR) is 114 cm³/mol. The summed E-state index contributed by atoms with van der Waals surface area (Å²) in [7, 11) is 0. The Kier molecular flexibility index (Phi) is 3.87. The van der Waals surface area contributed by atoms with Crippen LogP contribution in [0.15, 0.2) is 78.9 Å². The third-order valence-corrected chi connectivity index (χ3v) is 6.89. The number of hydrazine groups is 1. The maximum atomic E-state index is 13.4. The summed E-state index contributed by atoms with van der Waals surface area (Å²) < 4.78 is 0. The van der Waals surface area contributed by atoms with E-state index in [2.05, 4.69) is 29.7 Å². The fraction of sp³-hybridized carbons (Fsp3) is 0.192. The van der Waals surface area contributed by atoms with Gasteiger partial charge in [-0.2, -0.15) is 5.01 Å². The lowest BCUT2D eigenvalue weighted by Gasteiger charge is -2.45. The van der Waals surface area contributed by atoms with E-state index in [4.69, 9.17) is 0 Å². The summed E-state index contributed by atoms with van der Waals surface area (Å²) >= 11 is 0.